The number of halogens is 1. The number of para-hydroxylation sites is 2. The molecule has 2 aromatic carbocycles. The number of ether oxygens (including phenoxy) is 1. The standard InChI is InChI=1S/C16H11IO4/c17-11-6-2-4-8-13(11)20-9-14-15(16(18)19)10-5-1-3-7-12(10)21-14/h1-8H,9H2,(H,18,19). The predicted molar refractivity (Wildman–Crippen MR) is 86.7 cm³/mol. The Morgan fingerprint density at radius 3 is 2.62 bits per heavy atom. The molecule has 1 N–H and O–H groups in total. The number of fused-ring (bicyclic) bond motifs is 1. The molecule has 3 aromatic rings. The van der Waals surface area contributed by atoms with E-state index in [0.717, 1.165) is 3.57 Å². The van der Waals surface area contributed by atoms with Crippen molar-refractivity contribution in [1.29, 1.82) is 0 Å². The van der Waals surface area contributed by atoms with Crippen molar-refractivity contribution in [2.24, 2.45) is 0 Å². The normalized spacial score (nSPS) is 10.7. The molecule has 1 aromatic heterocycles. The van der Waals surface area contributed by atoms with E-state index in [4.69, 9.17) is 9.15 Å². The zero-order valence-corrected chi connectivity index (χ0v) is 13.0. The summed E-state index contributed by atoms with van der Waals surface area (Å²) in [6, 6.07) is 14.6. The van der Waals surface area contributed by atoms with Crippen LogP contribution in [0.2, 0.25) is 0 Å². The van der Waals surface area contributed by atoms with Crippen LogP contribution in [0.5, 0.6) is 5.75 Å². The lowest BCUT2D eigenvalue weighted by molar-refractivity contribution is 0.0693. The summed E-state index contributed by atoms with van der Waals surface area (Å²) in [6.45, 7) is 0.0797. The van der Waals surface area contributed by atoms with E-state index in [1.165, 1.54) is 0 Å². The molecule has 0 saturated heterocycles. The van der Waals surface area contributed by atoms with E-state index in [-0.39, 0.29) is 12.2 Å². The van der Waals surface area contributed by atoms with Crippen molar-refractivity contribution in [3.8, 4) is 5.75 Å². The fourth-order valence-corrected chi connectivity index (χ4v) is 2.68. The molecule has 0 atom stereocenters. The maximum Gasteiger partial charge on any atom is 0.340 e. The zero-order valence-electron chi connectivity index (χ0n) is 10.9. The molecule has 0 spiro atoms. The third-order valence-electron chi connectivity index (χ3n) is 3.08. The minimum absolute atomic E-state index is 0.0797. The largest absolute Gasteiger partial charge is 0.485 e. The lowest BCUT2D eigenvalue weighted by atomic mass is 10.1. The highest BCUT2D eigenvalue weighted by Crippen LogP contribution is 2.28. The van der Waals surface area contributed by atoms with E-state index in [0.29, 0.717) is 22.5 Å². The van der Waals surface area contributed by atoms with Crippen LogP contribution in [0.25, 0.3) is 11.0 Å². The molecule has 0 unspecified atom stereocenters. The summed E-state index contributed by atoms with van der Waals surface area (Å²) in [5, 5.41) is 9.98. The third kappa shape index (κ3) is 2.73. The van der Waals surface area contributed by atoms with E-state index < -0.39 is 5.97 Å². The number of carbonyl (C=O) groups is 1. The average molecular weight is 394 g/mol. The Morgan fingerprint density at radius 1 is 1.14 bits per heavy atom. The van der Waals surface area contributed by atoms with Crippen molar-refractivity contribution >= 4 is 39.5 Å². The smallest absolute Gasteiger partial charge is 0.340 e. The number of furan rings is 1. The van der Waals surface area contributed by atoms with Crippen molar-refractivity contribution in [3.05, 3.63) is 63.4 Å². The molecule has 3 rings (SSSR count). The molecule has 0 aliphatic carbocycles. The maximum atomic E-state index is 11.5. The molecule has 4 nitrogen and oxygen atoms in total. The Morgan fingerprint density at radius 2 is 1.86 bits per heavy atom. The molecular formula is C16H11IO4. The highest BCUT2D eigenvalue weighted by molar-refractivity contribution is 14.1. The van der Waals surface area contributed by atoms with Gasteiger partial charge in [0.25, 0.3) is 0 Å². The van der Waals surface area contributed by atoms with Gasteiger partial charge in [0.2, 0.25) is 0 Å². The molecule has 0 fully saturated rings. The first-order valence-corrected chi connectivity index (χ1v) is 7.35. The second-order valence-corrected chi connectivity index (χ2v) is 5.58. The molecule has 1 heterocycles. The maximum absolute atomic E-state index is 11.5. The fraction of sp³-hybridized carbons (Fsp3) is 0.0625. The van der Waals surface area contributed by atoms with Gasteiger partial charge in [-0.1, -0.05) is 30.3 Å². The van der Waals surface area contributed by atoms with Gasteiger partial charge in [0.05, 0.1) is 3.57 Å². The molecule has 5 heteroatoms. The molecule has 0 bridgehead atoms. The number of hydrogen-bond acceptors (Lipinski definition) is 3. The summed E-state index contributed by atoms with van der Waals surface area (Å²) < 4.78 is 12.3. The van der Waals surface area contributed by atoms with Crippen molar-refractivity contribution in [1.82, 2.24) is 0 Å². The SMILES string of the molecule is O=C(O)c1c(COc2ccccc2I)oc2ccccc12. The highest BCUT2D eigenvalue weighted by atomic mass is 127. The second kappa shape index (κ2) is 5.77. The minimum Gasteiger partial charge on any atom is -0.485 e. The molecule has 106 valence electrons. The Labute approximate surface area is 134 Å². The summed E-state index contributed by atoms with van der Waals surface area (Å²) in [5.74, 6) is 0.0135. The van der Waals surface area contributed by atoms with Gasteiger partial charge in [-0.25, -0.2) is 4.79 Å². The van der Waals surface area contributed by atoms with Crippen molar-refractivity contribution in [2.45, 2.75) is 6.61 Å². The first-order valence-electron chi connectivity index (χ1n) is 6.28. The van der Waals surface area contributed by atoms with Gasteiger partial charge in [0, 0.05) is 5.39 Å². The number of carboxylic acids is 1. The van der Waals surface area contributed by atoms with E-state index in [1.807, 2.05) is 30.3 Å². The number of rotatable bonds is 4. The fourth-order valence-electron chi connectivity index (χ4n) is 2.14. The van der Waals surface area contributed by atoms with Gasteiger partial charge in [-0.15, -0.1) is 0 Å². The van der Waals surface area contributed by atoms with Crippen LogP contribution in [0.3, 0.4) is 0 Å². The van der Waals surface area contributed by atoms with E-state index >= 15 is 0 Å². The van der Waals surface area contributed by atoms with Crippen LogP contribution >= 0.6 is 22.6 Å². The Bertz CT molecular complexity index is 807. The Kier molecular flexibility index (Phi) is 3.83. The topological polar surface area (TPSA) is 59.7 Å². The highest BCUT2D eigenvalue weighted by Gasteiger charge is 2.20. The van der Waals surface area contributed by atoms with Crippen LogP contribution in [0, 0.1) is 3.57 Å². The van der Waals surface area contributed by atoms with Gasteiger partial charge in [-0.05, 0) is 40.8 Å². The monoisotopic (exact) mass is 394 g/mol. The molecule has 0 aliphatic rings. The van der Waals surface area contributed by atoms with Crippen LogP contribution in [0.1, 0.15) is 16.1 Å². The van der Waals surface area contributed by atoms with Gasteiger partial charge in [0.15, 0.2) is 5.76 Å². The lowest BCUT2D eigenvalue weighted by Gasteiger charge is -2.06. The van der Waals surface area contributed by atoms with Gasteiger partial charge >= 0.3 is 5.97 Å². The number of carboxylic acid groups (broad SMARTS) is 1. The summed E-state index contributed by atoms with van der Waals surface area (Å²) in [7, 11) is 0. The van der Waals surface area contributed by atoms with Gasteiger partial charge in [-0.3, -0.25) is 0 Å². The quantitative estimate of drug-likeness (QED) is 0.670. The summed E-state index contributed by atoms with van der Waals surface area (Å²) >= 11 is 2.17. The van der Waals surface area contributed by atoms with Crippen molar-refractivity contribution in [3.63, 3.8) is 0 Å². The van der Waals surface area contributed by atoms with E-state index in [2.05, 4.69) is 22.6 Å². The van der Waals surface area contributed by atoms with Crippen molar-refractivity contribution in [2.75, 3.05) is 0 Å². The van der Waals surface area contributed by atoms with Gasteiger partial charge in [0.1, 0.15) is 23.5 Å². The first-order chi connectivity index (χ1) is 10.2. The minimum atomic E-state index is -1.01. The number of benzene rings is 2. The zero-order chi connectivity index (χ0) is 14.8. The van der Waals surface area contributed by atoms with Crippen LogP contribution < -0.4 is 4.74 Å². The number of hydrogen-bond donors (Lipinski definition) is 1. The summed E-state index contributed by atoms with van der Waals surface area (Å²) in [5.41, 5.74) is 0.716. The van der Waals surface area contributed by atoms with Crippen LogP contribution in [0.4, 0.5) is 0 Å². The van der Waals surface area contributed by atoms with Gasteiger partial charge < -0.3 is 14.3 Å². The molecule has 0 radical (unpaired) electrons. The van der Waals surface area contributed by atoms with E-state index in [1.54, 1.807) is 18.2 Å². The second-order valence-electron chi connectivity index (χ2n) is 4.42. The molecule has 0 aliphatic heterocycles. The molecule has 0 saturated carbocycles. The molecular weight excluding hydrogens is 383 g/mol. The van der Waals surface area contributed by atoms with E-state index in [9.17, 15) is 9.90 Å². The van der Waals surface area contributed by atoms with Crippen molar-refractivity contribution < 1.29 is 19.1 Å². The lowest BCUT2D eigenvalue weighted by Crippen LogP contribution is -2.03. The van der Waals surface area contributed by atoms with Crippen LogP contribution in [-0.2, 0) is 6.61 Å². The molecule has 0 amide bonds. The molecule has 21 heavy (non-hydrogen) atoms. The Hall–Kier alpha value is -2.02. The first kappa shape index (κ1) is 13.9. The summed E-state index contributed by atoms with van der Waals surface area (Å²) in [6.07, 6.45) is 0. The van der Waals surface area contributed by atoms with Crippen LogP contribution in [-0.4, -0.2) is 11.1 Å². The Balaban J connectivity index is 1.95. The average Bonchev–Trinajstić information content (AvgIpc) is 2.85. The number of aromatic carboxylic acids is 1. The van der Waals surface area contributed by atoms with Crippen LogP contribution in [0.15, 0.2) is 52.9 Å². The third-order valence-corrected chi connectivity index (χ3v) is 3.97. The predicted octanol–water partition coefficient (Wildman–Crippen LogP) is 4.31. The summed E-state index contributed by atoms with van der Waals surface area (Å²) in [4.78, 5) is 11.5. The van der Waals surface area contributed by atoms with Gasteiger partial charge in [-0.2, -0.15) is 0 Å².